The number of hydrogen-bond acceptors (Lipinski definition) is 7. The number of carbonyl (C=O) groups excluding carboxylic acids is 2. The predicted octanol–water partition coefficient (Wildman–Crippen LogP) is 3.90. The van der Waals surface area contributed by atoms with Crippen LogP contribution in [0, 0.1) is 6.92 Å². The van der Waals surface area contributed by atoms with Crippen molar-refractivity contribution in [3.8, 4) is 22.7 Å². The lowest BCUT2D eigenvalue weighted by Gasteiger charge is -2.10. The molecule has 0 saturated carbocycles. The van der Waals surface area contributed by atoms with Gasteiger partial charge in [0, 0.05) is 5.02 Å². The van der Waals surface area contributed by atoms with Crippen molar-refractivity contribution in [1.82, 2.24) is 9.78 Å². The minimum atomic E-state index is -0.792. The Labute approximate surface area is 181 Å². The topological polar surface area (TPSA) is 101 Å². The lowest BCUT2D eigenvalue weighted by atomic mass is 10.1. The zero-order valence-corrected chi connectivity index (χ0v) is 17.4. The highest BCUT2D eigenvalue weighted by Gasteiger charge is 2.26. The fourth-order valence-corrected chi connectivity index (χ4v) is 3.40. The maximum atomic E-state index is 13.1. The molecule has 0 N–H and O–H groups in total. The van der Waals surface area contributed by atoms with Gasteiger partial charge in [0.25, 0.3) is 5.56 Å². The monoisotopic (exact) mass is 440 g/mol. The van der Waals surface area contributed by atoms with Gasteiger partial charge in [0.1, 0.15) is 34.8 Å². The van der Waals surface area contributed by atoms with E-state index in [1.54, 1.807) is 56.3 Å². The van der Waals surface area contributed by atoms with Gasteiger partial charge in [-0.15, -0.1) is 0 Å². The largest absolute Gasteiger partial charge is 0.466 e. The van der Waals surface area contributed by atoms with Crippen molar-refractivity contribution in [2.45, 2.75) is 20.3 Å². The van der Waals surface area contributed by atoms with Gasteiger partial charge in [0.15, 0.2) is 0 Å². The van der Waals surface area contributed by atoms with Crippen LogP contribution in [-0.2, 0) is 14.3 Å². The molecule has 158 valence electrons. The van der Waals surface area contributed by atoms with Crippen LogP contribution in [0.4, 0.5) is 0 Å². The van der Waals surface area contributed by atoms with Gasteiger partial charge in [0.2, 0.25) is 0 Å². The van der Waals surface area contributed by atoms with Crippen molar-refractivity contribution in [2.24, 2.45) is 0 Å². The normalized spacial score (nSPS) is 11.1. The van der Waals surface area contributed by atoms with E-state index in [0.29, 0.717) is 33.1 Å². The summed E-state index contributed by atoms with van der Waals surface area (Å²) in [6.45, 7) is 3.47. The number of esters is 2. The summed E-state index contributed by atoms with van der Waals surface area (Å²) in [5.41, 5.74) is 1.10. The fraction of sp³-hybridized carbons (Fsp3) is 0.182. The molecule has 0 bridgehead atoms. The molecular formula is C22H17ClN2O6. The number of hydrogen-bond donors (Lipinski definition) is 0. The first-order valence-corrected chi connectivity index (χ1v) is 9.84. The Hall–Kier alpha value is -3.65. The van der Waals surface area contributed by atoms with Gasteiger partial charge in [-0.3, -0.25) is 14.4 Å². The molecule has 2 heterocycles. The first kappa shape index (κ1) is 20.6. The standard InChI is InChI=1S/C22H17ClN2O6/c1-3-29-17(26)11-18(27)31-16-6-4-5-15-20(16)21-19(12(2)30-15)22(28)25(24-21)14-9-7-13(23)8-10-14/h4-10H,3,11H2,1-2H3. The molecule has 0 atom stereocenters. The van der Waals surface area contributed by atoms with Crippen LogP contribution in [-0.4, -0.2) is 28.3 Å². The SMILES string of the molecule is CCOC(=O)CC(=O)Oc1cccc2oc(C)c3c(=O)n(-c4ccc(Cl)cc4)nc-3c12. The number of aryl methyl sites for hydroxylation is 1. The van der Waals surface area contributed by atoms with Crippen LogP contribution in [0.25, 0.3) is 27.9 Å². The lowest BCUT2D eigenvalue weighted by molar-refractivity contribution is -0.149. The van der Waals surface area contributed by atoms with Gasteiger partial charge in [-0.05, 0) is 50.2 Å². The Bertz CT molecular complexity index is 1320. The third-order valence-corrected chi connectivity index (χ3v) is 4.82. The van der Waals surface area contributed by atoms with E-state index in [1.165, 1.54) is 4.68 Å². The van der Waals surface area contributed by atoms with Crippen LogP contribution in [0.3, 0.4) is 0 Å². The molecule has 9 heteroatoms. The van der Waals surface area contributed by atoms with Crippen LogP contribution in [0.1, 0.15) is 19.1 Å². The molecule has 2 aliphatic heterocycles. The Morgan fingerprint density at radius 1 is 1.13 bits per heavy atom. The fourth-order valence-electron chi connectivity index (χ4n) is 3.27. The van der Waals surface area contributed by atoms with Crippen LogP contribution < -0.4 is 10.3 Å². The molecule has 0 spiro atoms. The Morgan fingerprint density at radius 2 is 1.87 bits per heavy atom. The Kier molecular flexibility index (Phi) is 5.48. The first-order chi connectivity index (χ1) is 14.9. The van der Waals surface area contributed by atoms with Crippen molar-refractivity contribution >= 4 is 34.5 Å². The van der Waals surface area contributed by atoms with E-state index in [0.717, 1.165) is 0 Å². The molecule has 2 aliphatic rings. The quantitative estimate of drug-likeness (QED) is 0.263. The van der Waals surface area contributed by atoms with Crippen LogP contribution in [0.5, 0.6) is 5.75 Å². The maximum absolute atomic E-state index is 13.1. The van der Waals surface area contributed by atoms with Gasteiger partial charge < -0.3 is 13.9 Å². The third kappa shape index (κ3) is 3.89. The molecule has 0 radical (unpaired) electrons. The van der Waals surface area contributed by atoms with E-state index in [-0.39, 0.29) is 23.5 Å². The zero-order chi connectivity index (χ0) is 22.1. The lowest BCUT2D eigenvalue weighted by Crippen LogP contribution is -2.16. The Morgan fingerprint density at radius 3 is 2.58 bits per heavy atom. The second-order valence-electron chi connectivity index (χ2n) is 6.66. The zero-order valence-electron chi connectivity index (χ0n) is 16.7. The second-order valence-corrected chi connectivity index (χ2v) is 7.10. The summed E-state index contributed by atoms with van der Waals surface area (Å²) in [6.07, 6.45) is -0.539. The van der Waals surface area contributed by atoms with Crippen molar-refractivity contribution < 1.29 is 23.5 Å². The molecule has 0 fully saturated rings. The van der Waals surface area contributed by atoms with Crippen molar-refractivity contribution in [3.05, 3.63) is 63.6 Å². The van der Waals surface area contributed by atoms with E-state index < -0.39 is 18.4 Å². The highest BCUT2D eigenvalue weighted by Crippen LogP contribution is 2.37. The smallest absolute Gasteiger partial charge is 0.322 e. The number of carbonyl (C=O) groups is 2. The number of halogens is 1. The van der Waals surface area contributed by atoms with Gasteiger partial charge in [-0.1, -0.05) is 17.7 Å². The molecule has 0 aromatic heterocycles. The second kappa shape index (κ2) is 8.23. The summed E-state index contributed by atoms with van der Waals surface area (Å²) < 4.78 is 17.2. The number of aromatic nitrogens is 2. The summed E-state index contributed by atoms with van der Waals surface area (Å²) in [4.78, 5) is 36.9. The highest BCUT2D eigenvalue weighted by atomic mass is 35.5. The minimum absolute atomic E-state index is 0.126. The summed E-state index contributed by atoms with van der Waals surface area (Å²) in [5, 5.41) is 5.36. The maximum Gasteiger partial charge on any atom is 0.322 e. The summed E-state index contributed by atoms with van der Waals surface area (Å²) in [5.74, 6) is -0.976. The number of ether oxygens (including phenoxy) is 2. The van der Waals surface area contributed by atoms with Gasteiger partial charge in [-0.2, -0.15) is 9.78 Å². The van der Waals surface area contributed by atoms with Gasteiger partial charge in [0.05, 0.1) is 17.7 Å². The average molecular weight is 441 g/mol. The summed E-state index contributed by atoms with van der Waals surface area (Å²) in [6, 6.07) is 11.5. The highest BCUT2D eigenvalue weighted by molar-refractivity contribution is 6.30. The minimum Gasteiger partial charge on any atom is -0.466 e. The van der Waals surface area contributed by atoms with Crippen LogP contribution >= 0.6 is 11.6 Å². The Balaban J connectivity index is 1.85. The number of rotatable bonds is 5. The molecule has 8 nitrogen and oxygen atoms in total. The number of fused-ring (bicyclic) bond motifs is 3. The van der Waals surface area contributed by atoms with E-state index in [1.807, 2.05) is 0 Å². The molecule has 4 rings (SSSR count). The number of benzene rings is 2. The average Bonchev–Trinajstić information content (AvgIpc) is 3.06. The molecule has 31 heavy (non-hydrogen) atoms. The van der Waals surface area contributed by atoms with Gasteiger partial charge in [-0.25, -0.2) is 0 Å². The first-order valence-electron chi connectivity index (χ1n) is 9.46. The van der Waals surface area contributed by atoms with Crippen LogP contribution in [0.15, 0.2) is 51.7 Å². The molecule has 2 aromatic carbocycles. The predicted molar refractivity (Wildman–Crippen MR) is 113 cm³/mol. The molecule has 0 amide bonds. The number of nitrogens with zero attached hydrogens (tertiary/aromatic N) is 2. The molecule has 0 aliphatic carbocycles. The molecule has 0 unspecified atom stereocenters. The summed E-state index contributed by atoms with van der Waals surface area (Å²) >= 11 is 5.94. The van der Waals surface area contributed by atoms with Crippen molar-refractivity contribution in [1.29, 1.82) is 0 Å². The van der Waals surface area contributed by atoms with Crippen LogP contribution in [0.2, 0.25) is 5.02 Å². The van der Waals surface area contributed by atoms with E-state index in [2.05, 4.69) is 5.10 Å². The van der Waals surface area contributed by atoms with E-state index in [9.17, 15) is 14.4 Å². The molecule has 2 aromatic rings. The summed E-state index contributed by atoms with van der Waals surface area (Å²) in [7, 11) is 0. The van der Waals surface area contributed by atoms with Crippen molar-refractivity contribution in [2.75, 3.05) is 6.61 Å². The molecular weight excluding hydrogens is 424 g/mol. The van der Waals surface area contributed by atoms with E-state index >= 15 is 0 Å². The van der Waals surface area contributed by atoms with Gasteiger partial charge >= 0.3 is 11.9 Å². The van der Waals surface area contributed by atoms with E-state index in [4.69, 9.17) is 25.5 Å². The third-order valence-electron chi connectivity index (χ3n) is 4.57. The van der Waals surface area contributed by atoms with Crippen molar-refractivity contribution in [3.63, 3.8) is 0 Å². The molecule has 0 saturated heterocycles.